The molecule has 4 nitrogen and oxygen atoms in total. The third kappa shape index (κ3) is 6.07. The number of amides is 1. The van der Waals surface area contributed by atoms with Crippen molar-refractivity contribution in [2.24, 2.45) is 11.7 Å². The average Bonchev–Trinajstić information content (AvgIpc) is 2.60. The molecule has 0 aliphatic carbocycles. The van der Waals surface area contributed by atoms with Crippen molar-refractivity contribution in [3.8, 4) is 0 Å². The van der Waals surface area contributed by atoms with Gasteiger partial charge in [0, 0.05) is 12.5 Å². The molecule has 0 saturated carbocycles. The van der Waals surface area contributed by atoms with Crippen LogP contribution in [0.2, 0.25) is 0 Å². The fourth-order valence-electron chi connectivity index (χ4n) is 3.46. The zero-order valence-corrected chi connectivity index (χ0v) is 16.0. The minimum atomic E-state index is -0.820. The lowest BCUT2D eigenvalue weighted by molar-refractivity contribution is -0.00437. The fourth-order valence-corrected chi connectivity index (χ4v) is 3.46. The molecule has 146 valence electrons. The maximum atomic E-state index is 14.0. The first-order valence-electron chi connectivity index (χ1n) is 9.23. The van der Waals surface area contributed by atoms with Crippen LogP contribution < -0.4 is 5.73 Å². The van der Waals surface area contributed by atoms with Gasteiger partial charge in [-0.05, 0) is 62.3 Å². The van der Waals surface area contributed by atoms with Crippen LogP contribution in [0.5, 0.6) is 0 Å². The van der Waals surface area contributed by atoms with Gasteiger partial charge in [-0.1, -0.05) is 42.5 Å². The van der Waals surface area contributed by atoms with Gasteiger partial charge in [0.25, 0.3) is 0 Å². The molecule has 0 fully saturated rings. The van der Waals surface area contributed by atoms with Gasteiger partial charge in [0.15, 0.2) is 0 Å². The number of halogens is 1. The Morgan fingerprint density at radius 2 is 1.67 bits per heavy atom. The van der Waals surface area contributed by atoms with Crippen LogP contribution in [0.3, 0.4) is 0 Å². The number of aryl methyl sites for hydroxylation is 1. The van der Waals surface area contributed by atoms with E-state index in [2.05, 4.69) is 0 Å². The molecule has 0 aromatic heterocycles. The number of aliphatic hydroxyl groups excluding tert-OH is 1. The molecule has 1 amide bonds. The van der Waals surface area contributed by atoms with Crippen LogP contribution in [0.25, 0.3) is 0 Å². The number of ether oxygens (including phenoxy) is 1. The SMILES string of the molecule is CC(C)(OC(N)=O)C(CCc1ccccc1F)Cc1ccccc1CCO. The lowest BCUT2D eigenvalue weighted by Crippen LogP contribution is -2.40. The largest absolute Gasteiger partial charge is 0.443 e. The van der Waals surface area contributed by atoms with E-state index in [9.17, 15) is 14.3 Å². The standard InChI is InChI=1S/C22H28FNO3/c1-22(2,27-21(24)26)19(12-11-17-8-5-6-10-20(17)23)15-18-9-4-3-7-16(18)13-14-25/h3-10,19,25H,11-15H2,1-2H3,(H2,24,26). The van der Waals surface area contributed by atoms with E-state index in [0.717, 1.165) is 11.1 Å². The highest BCUT2D eigenvalue weighted by Gasteiger charge is 2.33. The van der Waals surface area contributed by atoms with E-state index in [1.165, 1.54) is 6.07 Å². The van der Waals surface area contributed by atoms with E-state index in [1.54, 1.807) is 12.1 Å². The number of hydrogen-bond acceptors (Lipinski definition) is 3. The summed E-state index contributed by atoms with van der Waals surface area (Å²) in [6, 6.07) is 14.6. The van der Waals surface area contributed by atoms with Crippen molar-refractivity contribution >= 4 is 6.09 Å². The molecule has 27 heavy (non-hydrogen) atoms. The second kappa shape index (κ2) is 9.51. The Balaban J connectivity index is 2.24. The summed E-state index contributed by atoms with van der Waals surface area (Å²) in [7, 11) is 0. The van der Waals surface area contributed by atoms with Crippen molar-refractivity contribution in [1.82, 2.24) is 0 Å². The predicted octanol–water partition coefficient (Wildman–Crippen LogP) is 4.03. The maximum absolute atomic E-state index is 14.0. The number of aliphatic hydroxyl groups is 1. The average molecular weight is 373 g/mol. The highest BCUT2D eigenvalue weighted by Crippen LogP contribution is 2.31. The van der Waals surface area contributed by atoms with E-state index >= 15 is 0 Å². The summed E-state index contributed by atoms with van der Waals surface area (Å²) in [5, 5.41) is 9.31. The number of carbonyl (C=O) groups is 1. The number of rotatable bonds is 9. The monoisotopic (exact) mass is 373 g/mol. The number of hydrogen-bond donors (Lipinski definition) is 2. The summed E-state index contributed by atoms with van der Waals surface area (Å²) >= 11 is 0. The molecule has 0 bridgehead atoms. The highest BCUT2D eigenvalue weighted by molar-refractivity contribution is 5.65. The molecule has 0 heterocycles. The van der Waals surface area contributed by atoms with Gasteiger partial charge < -0.3 is 15.6 Å². The van der Waals surface area contributed by atoms with Crippen LogP contribution >= 0.6 is 0 Å². The fraction of sp³-hybridized carbons (Fsp3) is 0.409. The minimum absolute atomic E-state index is 0.0653. The summed E-state index contributed by atoms with van der Waals surface area (Å²) in [5.41, 5.74) is 7.25. The summed E-state index contributed by atoms with van der Waals surface area (Å²) in [6.45, 7) is 3.73. The summed E-state index contributed by atoms with van der Waals surface area (Å²) in [4.78, 5) is 11.4. The number of carbonyl (C=O) groups excluding carboxylic acids is 1. The smallest absolute Gasteiger partial charge is 0.405 e. The molecule has 0 radical (unpaired) electrons. The van der Waals surface area contributed by atoms with Crippen LogP contribution in [0, 0.1) is 11.7 Å². The van der Waals surface area contributed by atoms with Crippen LogP contribution in [-0.4, -0.2) is 23.4 Å². The van der Waals surface area contributed by atoms with Gasteiger partial charge in [0.05, 0.1) is 0 Å². The molecule has 3 N–H and O–H groups in total. The zero-order valence-electron chi connectivity index (χ0n) is 16.0. The van der Waals surface area contributed by atoms with Crippen LogP contribution in [0.4, 0.5) is 9.18 Å². The lowest BCUT2D eigenvalue weighted by atomic mass is 9.80. The van der Waals surface area contributed by atoms with E-state index < -0.39 is 11.7 Å². The lowest BCUT2D eigenvalue weighted by Gasteiger charge is -2.34. The minimum Gasteiger partial charge on any atom is -0.443 e. The first-order chi connectivity index (χ1) is 12.8. The predicted molar refractivity (Wildman–Crippen MR) is 104 cm³/mol. The Morgan fingerprint density at radius 1 is 1.07 bits per heavy atom. The summed E-state index contributed by atoms with van der Waals surface area (Å²) in [5.74, 6) is -0.296. The van der Waals surface area contributed by atoms with Crippen molar-refractivity contribution in [1.29, 1.82) is 0 Å². The van der Waals surface area contributed by atoms with Crippen LogP contribution in [0.15, 0.2) is 48.5 Å². The zero-order chi connectivity index (χ0) is 19.9. The van der Waals surface area contributed by atoms with E-state index in [0.29, 0.717) is 31.2 Å². The van der Waals surface area contributed by atoms with Crippen molar-refractivity contribution < 1.29 is 19.0 Å². The second-order valence-electron chi connectivity index (χ2n) is 7.30. The van der Waals surface area contributed by atoms with Crippen LogP contribution in [0.1, 0.15) is 37.0 Å². The normalized spacial score (nSPS) is 12.6. The molecule has 5 heteroatoms. The number of benzene rings is 2. The third-order valence-corrected chi connectivity index (χ3v) is 5.03. The van der Waals surface area contributed by atoms with Gasteiger partial charge in [0.2, 0.25) is 0 Å². The van der Waals surface area contributed by atoms with E-state index in [4.69, 9.17) is 10.5 Å². The van der Waals surface area contributed by atoms with Crippen molar-refractivity contribution in [3.63, 3.8) is 0 Å². The van der Waals surface area contributed by atoms with Crippen LogP contribution in [-0.2, 0) is 24.0 Å². The molecule has 0 aliphatic heterocycles. The van der Waals surface area contributed by atoms with E-state index in [1.807, 2.05) is 44.2 Å². The number of primary amides is 1. The van der Waals surface area contributed by atoms with Crippen molar-refractivity contribution in [3.05, 3.63) is 71.0 Å². The van der Waals surface area contributed by atoms with Gasteiger partial charge in [-0.25, -0.2) is 9.18 Å². The first-order valence-corrected chi connectivity index (χ1v) is 9.23. The number of nitrogens with two attached hydrogens (primary N) is 1. The first kappa shape index (κ1) is 20.9. The molecule has 0 spiro atoms. The Labute approximate surface area is 160 Å². The Hall–Kier alpha value is -2.40. The van der Waals surface area contributed by atoms with Gasteiger partial charge in [-0.2, -0.15) is 0 Å². The highest BCUT2D eigenvalue weighted by atomic mass is 19.1. The van der Waals surface area contributed by atoms with Gasteiger partial charge in [-0.3, -0.25) is 0 Å². The Kier molecular flexibility index (Phi) is 7.36. The van der Waals surface area contributed by atoms with Crippen molar-refractivity contribution in [2.45, 2.75) is 45.1 Å². The molecule has 1 unspecified atom stereocenters. The summed E-state index contributed by atoms with van der Waals surface area (Å²) in [6.07, 6.45) is 1.55. The molecule has 2 aromatic carbocycles. The molecule has 2 aromatic rings. The molecule has 0 aliphatic rings. The molecule has 1 atom stereocenters. The van der Waals surface area contributed by atoms with Crippen molar-refractivity contribution in [2.75, 3.05) is 6.61 Å². The molecular formula is C22H28FNO3. The molecule has 2 rings (SSSR count). The third-order valence-electron chi connectivity index (χ3n) is 5.03. The van der Waals surface area contributed by atoms with Gasteiger partial charge in [0.1, 0.15) is 11.4 Å². The van der Waals surface area contributed by atoms with E-state index in [-0.39, 0.29) is 18.3 Å². The van der Waals surface area contributed by atoms with Gasteiger partial charge >= 0.3 is 6.09 Å². The maximum Gasteiger partial charge on any atom is 0.405 e. The Morgan fingerprint density at radius 3 is 2.26 bits per heavy atom. The Bertz CT molecular complexity index is 761. The van der Waals surface area contributed by atoms with Gasteiger partial charge in [-0.15, -0.1) is 0 Å². The second-order valence-corrected chi connectivity index (χ2v) is 7.30. The summed E-state index contributed by atoms with van der Waals surface area (Å²) < 4.78 is 19.4. The quantitative estimate of drug-likeness (QED) is 0.697. The topological polar surface area (TPSA) is 72.5 Å². The molecular weight excluding hydrogens is 345 g/mol. The molecule has 0 saturated heterocycles.